The normalized spacial score (nSPS) is 10.8. The Labute approximate surface area is 192 Å². The second-order valence-corrected chi connectivity index (χ2v) is 8.67. The van der Waals surface area contributed by atoms with Crippen LogP contribution in [0.1, 0.15) is 0 Å². The highest BCUT2D eigenvalue weighted by atomic mass is 32.2. The molecular formula is C24H23FN2O5S. The number of anilines is 2. The van der Waals surface area contributed by atoms with Gasteiger partial charge in [-0.3, -0.25) is 9.10 Å². The van der Waals surface area contributed by atoms with E-state index in [4.69, 9.17) is 9.47 Å². The molecule has 1 amide bonds. The van der Waals surface area contributed by atoms with Gasteiger partial charge in [0.2, 0.25) is 5.91 Å². The summed E-state index contributed by atoms with van der Waals surface area (Å²) in [5.74, 6) is -0.367. The number of amides is 1. The summed E-state index contributed by atoms with van der Waals surface area (Å²) in [6.07, 6.45) is 1.61. The van der Waals surface area contributed by atoms with E-state index in [0.29, 0.717) is 23.8 Å². The van der Waals surface area contributed by atoms with E-state index in [2.05, 4.69) is 11.9 Å². The maximum absolute atomic E-state index is 14.5. The molecule has 33 heavy (non-hydrogen) atoms. The number of methoxy groups -OCH3 is 1. The fourth-order valence-electron chi connectivity index (χ4n) is 2.95. The van der Waals surface area contributed by atoms with Crippen LogP contribution in [0.5, 0.6) is 11.5 Å². The molecule has 9 heteroatoms. The molecule has 0 unspecified atom stereocenters. The molecule has 1 N–H and O–H groups in total. The summed E-state index contributed by atoms with van der Waals surface area (Å²) < 4.78 is 52.4. The molecule has 0 fully saturated rings. The van der Waals surface area contributed by atoms with Crippen molar-refractivity contribution >= 4 is 27.3 Å². The van der Waals surface area contributed by atoms with Crippen LogP contribution in [0.2, 0.25) is 0 Å². The summed E-state index contributed by atoms with van der Waals surface area (Å²) in [5.41, 5.74) is 0.193. The molecule has 0 spiro atoms. The standard InChI is InChI=1S/C24H23FN2O5S/c1-3-16-32-20-10-8-18(9-11-20)26-24(28)17-27(23-7-5-4-6-22(23)25)33(29,30)21-14-12-19(31-2)13-15-21/h3-15H,1,16-17H2,2H3,(H,26,28). The second-order valence-electron chi connectivity index (χ2n) is 6.81. The summed E-state index contributed by atoms with van der Waals surface area (Å²) in [4.78, 5) is 12.6. The first-order valence-corrected chi connectivity index (χ1v) is 11.3. The molecule has 0 bridgehead atoms. The number of carbonyl (C=O) groups is 1. The molecule has 0 saturated heterocycles. The number of nitrogens with zero attached hydrogens (tertiary/aromatic N) is 1. The fourth-order valence-corrected chi connectivity index (χ4v) is 4.38. The first-order valence-electron chi connectivity index (χ1n) is 9.90. The van der Waals surface area contributed by atoms with E-state index in [1.807, 2.05) is 0 Å². The number of hydrogen-bond donors (Lipinski definition) is 1. The van der Waals surface area contributed by atoms with Crippen LogP contribution in [0.15, 0.2) is 90.3 Å². The number of benzene rings is 3. The van der Waals surface area contributed by atoms with Crippen molar-refractivity contribution in [2.75, 3.05) is 29.9 Å². The average Bonchev–Trinajstić information content (AvgIpc) is 2.82. The van der Waals surface area contributed by atoms with Crippen LogP contribution in [-0.2, 0) is 14.8 Å². The summed E-state index contributed by atoms with van der Waals surface area (Å²) in [7, 11) is -2.80. The number of carbonyl (C=O) groups excluding carboxylic acids is 1. The Kier molecular flexibility index (Phi) is 7.68. The highest BCUT2D eigenvalue weighted by Crippen LogP contribution is 2.27. The summed E-state index contributed by atoms with van der Waals surface area (Å²) >= 11 is 0. The van der Waals surface area contributed by atoms with E-state index in [0.717, 1.165) is 10.4 Å². The Morgan fingerprint density at radius 2 is 1.67 bits per heavy atom. The molecule has 0 aliphatic carbocycles. The lowest BCUT2D eigenvalue weighted by Crippen LogP contribution is -2.38. The lowest BCUT2D eigenvalue weighted by atomic mass is 10.3. The zero-order valence-electron chi connectivity index (χ0n) is 17.9. The van der Waals surface area contributed by atoms with Crippen LogP contribution < -0.4 is 19.1 Å². The Morgan fingerprint density at radius 1 is 1.03 bits per heavy atom. The van der Waals surface area contributed by atoms with Gasteiger partial charge in [0, 0.05) is 5.69 Å². The molecule has 3 aromatic carbocycles. The number of ether oxygens (including phenoxy) is 2. The molecular weight excluding hydrogens is 447 g/mol. The van der Waals surface area contributed by atoms with Gasteiger partial charge in [-0.2, -0.15) is 0 Å². The third kappa shape index (κ3) is 5.89. The SMILES string of the molecule is C=CCOc1ccc(NC(=O)CN(c2ccccc2F)S(=O)(=O)c2ccc(OC)cc2)cc1. The fraction of sp³-hybridized carbons (Fsp3) is 0.125. The highest BCUT2D eigenvalue weighted by Gasteiger charge is 2.29. The predicted molar refractivity (Wildman–Crippen MR) is 125 cm³/mol. The van der Waals surface area contributed by atoms with Gasteiger partial charge >= 0.3 is 0 Å². The quantitative estimate of drug-likeness (QED) is 0.448. The van der Waals surface area contributed by atoms with Gasteiger partial charge in [-0.05, 0) is 60.7 Å². The van der Waals surface area contributed by atoms with E-state index in [9.17, 15) is 17.6 Å². The minimum Gasteiger partial charge on any atom is -0.497 e. The van der Waals surface area contributed by atoms with E-state index >= 15 is 0 Å². The Balaban J connectivity index is 1.86. The largest absolute Gasteiger partial charge is 0.497 e. The Bertz CT molecular complexity index is 1210. The van der Waals surface area contributed by atoms with Crippen molar-refractivity contribution in [2.45, 2.75) is 4.90 Å². The van der Waals surface area contributed by atoms with Gasteiger partial charge in [-0.15, -0.1) is 0 Å². The third-order valence-corrected chi connectivity index (χ3v) is 6.34. The average molecular weight is 471 g/mol. The molecule has 0 radical (unpaired) electrons. The van der Waals surface area contributed by atoms with Crippen LogP contribution in [0.4, 0.5) is 15.8 Å². The number of para-hydroxylation sites is 1. The summed E-state index contributed by atoms with van der Waals surface area (Å²) in [6.45, 7) is 3.28. The number of hydrogen-bond acceptors (Lipinski definition) is 5. The lowest BCUT2D eigenvalue weighted by molar-refractivity contribution is -0.114. The Hall–Kier alpha value is -3.85. The summed E-state index contributed by atoms with van der Waals surface area (Å²) in [6, 6.07) is 17.5. The van der Waals surface area contributed by atoms with E-state index in [1.54, 1.807) is 30.3 Å². The first-order chi connectivity index (χ1) is 15.8. The molecule has 172 valence electrons. The molecule has 3 aromatic rings. The molecule has 0 aliphatic heterocycles. The van der Waals surface area contributed by atoms with Crippen LogP contribution in [0.3, 0.4) is 0 Å². The monoisotopic (exact) mass is 470 g/mol. The van der Waals surface area contributed by atoms with Gasteiger partial charge in [-0.25, -0.2) is 12.8 Å². The molecule has 0 aliphatic rings. The molecule has 0 atom stereocenters. The van der Waals surface area contributed by atoms with Gasteiger partial charge in [0.25, 0.3) is 10.0 Å². The first kappa shape index (κ1) is 23.8. The number of rotatable bonds is 10. The van der Waals surface area contributed by atoms with Crippen LogP contribution in [0.25, 0.3) is 0 Å². The molecule has 7 nitrogen and oxygen atoms in total. The predicted octanol–water partition coefficient (Wildman–Crippen LogP) is 4.23. The van der Waals surface area contributed by atoms with Crippen LogP contribution in [0, 0.1) is 5.82 Å². The number of nitrogens with one attached hydrogen (secondary N) is 1. The van der Waals surface area contributed by atoms with Crippen LogP contribution >= 0.6 is 0 Å². The maximum atomic E-state index is 14.5. The van der Waals surface area contributed by atoms with Gasteiger partial charge in [0.1, 0.15) is 30.5 Å². The van der Waals surface area contributed by atoms with E-state index < -0.39 is 28.3 Å². The van der Waals surface area contributed by atoms with Crippen molar-refractivity contribution in [3.63, 3.8) is 0 Å². The van der Waals surface area contributed by atoms with Crippen molar-refractivity contribution in [3.05, 3.63) is 91.3 Å². The van der Waals surface area contributed by atoms with Gasteiger partial charge < -0.3 is 14.8 Å². The van der Waals surface area contributed by atoms with Crippen molar-refractivity contribution in [2.24, 2.45) is 0 Å². The van der Waals surface area contributed by atoms with Gasteiger partial charge in [0.05, 0.1) is 17.7 Å². The Morgan fingerprint density at radius 3 is 2.27 bits per heavy atom. The molecule has 0 aromatic heterocycles. The minimum absolute atomic E-state index is 0.108. The van der Waals surface area contributed by atoms with E-state index in [1.165, 1.54) is 49.6 Å². The third-order valence-electron chi connectivity index (χ3n) is 4.56. The molecule has 0 heterocycles. The number of sulfonamides is 1. The highest BCUT2D eigenvalue weighted by molar-refractivity contribution is 7.92. The zero-order chi connectivity index (χ0) is 23.8. The van der Waals surface area contributed by atoms with Crippen molar-refractivity contribution < 1.29 is 27.1 Å². The maximum Gasteiger partial charge on any atom is 0.264 e. The van der Waals surface area contributed by atoms with Crippen molar-refractivity contribution in [3.8, 4) is 11.5 Å². The van der Waals surface area contributed by atoms with E-state index in [-0.39, 0.29) is 10.6 Å². The molecule has 0 saturated carbocycles. The van der Waals surface area contributed by atoms with Gasteiger partial charge in [0.15, 0.2) is 0 Å². The number of halogens is 1. The van der Waals surface area contributed by atoms with Crippen molar-refractivity contribution in [1.82, 2.24) is 0 Å². The minimum atomic E-state index is -4.26. The zero-order valence-corrected chi connectivity index (χ0v) is 18.7. The second kappa shape index (κ2) is 10.6. The van der Waals surface area contributed by atoms with Crippen molar-refractivity contribution in [1.29, 1.82) is 0 Å². The smallest absolute Gasteiger partial charge is 0.264 e. The lowest BCUT2D eigenvalue weighted by Gasteiger charge is -2.24. The topological polar surface area (TPSA) is 84.9 Å². The molecule has 3 rings (SSSR count). The van der Waals surface area contributed by atoms with Gasteiger partial charge in [-0.1, -0.05) is 24.8 Å². The van der Waals surface area contributed by atoms with Crippen LogP contribution in [-0.4, -0.2) is 34.6 Å². The summed E-state index contributed by atoms with van der Waals surface area (Å²) in [5, 5.41) is 2.62.